The van der Waals surface area contributed by atoms with Crippen LogP contribution in [0, 0.1) is 5.82 Å². The maximum absolute atomic E-state index is 14.1. The molecule has 1 saturated heterocycles. The van der Waals surface area contributed by atoms with Crippen LogP contribution in [-0.2, 0) is 14.8 Å². The third kappa shape index (κ3) is 4.24. The molecule has 9 heteroatoms. The minimum absolute atomic E-state index is 0.0227. The summed E-state index contributed by atoms with van der Waals surface area (Å²) in [5.41, 5.74) is 0. The van der Waals surface area contributed by atoms with Gasteiger partial charge >= 0.3 is 5.97 Å². The number of aliphatic carboxylic acids is 1. The van der Waals surface area contributed by atoms with Crippen LogP contribution in [0.25, 0.3) is 0 Å². The van der Waals surface area contributed by atoms with Gasteiger partial charge < -0.3 is 5.11 Å². The van der Waals surface area contributed by atoms with Crippen molar-refractivity contribution < 1.29 is 22.7 Å². The number of carboxylic acid groups (broad SMARTS) is 1. The predicted octanol–water partition coefficient (Wildman–Crippen LogP) is 2.04. The topological polar surface area (TPSA) is 77.9 Å². The fourth-order valence-corrected chi connectivity index (χ4v) is 4.71. The minimum atomic E-state index is -3.97. The van der Waals surface area contributed by atoms with Crippen molar-refractivity contribution in [3.63, 3.8) is 0 Å². The van der Waals surface area contributed by atoms with Gasteiger partial charge in [-0.25, -0.2) is 12.8 Å². The molecular formula is C15H20ClFN2O4S. The molecule has 1 atom stereocenters. The number of nitrogens with zero attached hydrogens (tertiary/aromatic N) is 2. The van der Waals surface area contributed by atoms with E-state index in [-0.39, 0.29) is 30.7 Å². The average molecular weight is 379 g/mol. The molecule has 6 nitrogen and oxygen atoms in total. The Morgan fingerprint density at radius 3 is 2.79 bits per heavy atom. The molecule has 0 saturated carbocycles. The highest BCUT2D eigenvalue weighted by atomic mass is 35.5. The van der Waals surface area contributed by atoms with Crippen molar-refractivity contribution in [3.05, 3.63) is 29.0 Å². The second-order valence-electron chi connectivity index (χ2n) is 5.85. The van der Waals surface area contributed by atoms with Gasteiger partial charge in [0.1, 0.15) is 4.90 Å². The SMILES string of the molecule is CN(CC(=O)O)C1CCCN(S(=O)(=O)c2cccc(Cl)c2F)CC1. The van der Waals surface area contributed by atoms with Crippen LogP contribution in [0.4, 0.5) is 4.39 Å². The molecule has 0 amide bonds. The molecule has 0 aromatic heterocycles. The number of benzene rings is 1. The minimum Gasteiger partial charge on any atom is -0.480 e. The van der Waals surface area contributed by atoms with E-state index in [1.54, 1.807) is 11.9 Å². The molecule has 1 heterocycles. The second-order valence-corrected chi connectivity index (χ2v) is 8.16. The summed E-state index contributed by atoms with van der Waals surface area (Å²) in [6, 6.07) is 3.88. The number of hydrogen-bond donors (Lipinski definition) is 1. The Kier molecular flexibility index (Phi) is 6.19. The monoisotopic (exact) mass is 378 g/mol. The first kappa shape index (κ1) is 19.1. The molecule has 0 bridgehead atoms. The van der Waals surface area contributed by atoms with E-state index in [9.17, 15) is 17.6 Å². The average Bonchev–Trinajstić information content (AvgIpc) is 2.75. The van der Waals surface area contributed by atoms with Crippen molar-refractivity contribution in [2.45, 2.75) is 30.2 Å². The molecule has 1 aromatic carbocycles. The number of sulfonamides is 1. The number of carbonyl (C=O) groups is 1. The van der Waals surface area contributed by atoms with E-state index in [0.29, 0.717) is 19.3 Å². The van der Waals surface area contributed by atoms with Gasteiger partial charge in [-0.1, -0.05) is 17.7 Å². The smallest absolute Gasteiger partial charge is 0.317 e. The number of halogens is 2. The van der Waals surface area contributed by atoms with Gasteiger partial charge in [-0.15, -0.1) is 0 Å². The van der Waals surface area contributed by atoms with Gasteiger partial charge in [0.05, 0.1) is 11.6 Å². The van der Waals surface area contributed by atoms with E-state index in [2.05, 4.69) is 0 Å². The Morgan fingerprint density at radius 1 is 1.42 bits per heavy atom. The Bertz CT molecular complexity index is 713. The Morgan fingerprint density at radius 2 is 2.12 bits per heavy atom. The third-order valence-electron chi connectivity index (χ3n) is 4.20. The molecular weight excluding hydrogens is 359 g/mol. The first-order valence-corrected chi connectivity index (χ1v) is 9.41. The maximum atomic E-state index is 14.1. The van der Waals surface area contributed by atoms with E-state index in [4.69, 9.17) is 16.7 Å². The number of rotatable bonds is 5. The predicted molar refractivity (Wildman–Crippen MR) is 88.1 cm³/mol. The van der Waals surface area contributed by atoms with Crippen LogP contribution in [0.2, 0.25) is 5.02 Å². The summed E-state index contributed by atoms with van der Waals surface area (Å²) >= 11 is 5.68. The van der Waals surface area contributed by atoms with Gasteiger partial charge in [0.25, 0.3) is 0 Å². The van der Waals surface area contributed by atoms with Gasteiger partial charge in [0, 0.05) is 19.1 Å². The summed E-state index contributed by atoms with van der Waals surface area (Å²) in [4.78, 5) is 12.1. The molecule has 1 unspecified atom stereocenters. The summed E-state index contributed by atoms with van der Waals surface area (Å²) in [7, 11) is -2.26. The molecule has 1 N–H and O–H groups in total. The van der Waals surface area contributed by atoms with Crippen molar-refractivity contribution in [1.82, 2.24) is 9.21 Å². The standard InChI is InChI=1S/C15H20ClFN2O4S/c1-18(10-14(20)21)11-4-3-8-19(9-7-11)24(22,23)13-6-2-5-12(16)15(13)17/h2,5-6,11H,3-4,7-10H2,1H3,(H,20,21). The molecule has 1 aromatic rings. The number of likely N-dealkylation sites (N-methyl/N-ethyl adjacent to an activating group) is 1. The van der Waals surface area contributed by atoms with Crippen molar-refractivity contribution >= 4 is 27.6 Å². The van der Waals surface area contributed by atoms with Gasteiger partial charge in [-0.3, -0.25) is 9.69 Å². The molecule has 1 aliphatic heterocycles. The van der Waals surface area contributed by atoms with Gasteiger partial charge in [-0.05, 0) is 38.4 Å². The lowest BCUT2D eigenvalue weighted by atomic mass is 10.1. The summed E-state index contributed by atoms with van der Waals surface area (Å²) in [5, 5.41) is 8.64. The number of carboxylic acids is 1. The summed E-state index contributed by atoms with van der Waals surface area (Å²) in [6.45, 7) is 0.384. The van der Waals surface area contributed by atoms with Crippen LogP contribution in [-0.4, -0.2) is 61.4 Å². The lowest BCUT2D eigenvalue weighted by Crippen LogP contribution is -2.37. The van der Waals surface area contributed by atoms with E-state index in [1.165, 1.54) is 22.5 Å². The molecule has 0 spiro atoms. The fourth-order valence-electron chi connectivity index (χ4n) is 2.90. The Labute approximate surface area is 145 Å². The van der Waals surface area contributed by atoms with E-state index < -0.39 is 26.7 Å². The van der Waals surface area contributed by atoms with Crippen LogP contribution in [0.1, 0.15) is 19.3 Å². The van der Waals surface area contributed by atoms with Crippen LogP contribution in [0.3, 0.4) is 0 Å². The summed E-state index contributed by atoms with van der Waals surface area (Å²) in [6.07, 6.45) is 1.76. The fraction of sp³-hybridized carbons (Fsp3) is 0.533. The summed E-state index contributed by atoms with van der Waals surface area (Å²) < 4.78 is 40.7. The lowest BCUT2D eigenvalue weighted by molar-refractivity contribution is -0.138. The second kappa shape index (κ2) is 7.77. The largest absolute Gasteiger partial charge is 0.480 e. The van der Waals surface area contributed by atoms with Crippen molar-refractivity contribution in [2.75, 3.05) is 26.7 Å². The molecule has 1 fully saturated rings. The van der Waals surface area contributed by atoms with Gasteiger partial charge in [-0.2, -0.15) is 4.31 Å². The molecule has 1 aliphatic rings. The van der Waals surface area contributed by atoms with Crippen molar-refractivity contribution in [1.29, 1.82) is 0 Å². The normalized spacial score (nSPS) is 20.1. The first-order chi connectivity index (χ1) is 11.2. The molecule has 0 radical (unpaired) electrons. The van der Waals surface area contributed by atoms with E-state index in [0.717, 1.165) is 0 Å². The molecule has 0 aliphatic carbocycles. The summed E-state index contributed by atoms with van der Waals surface area (Å²) in [5.74, 6) is -1.87. The van der Waals surface area contributed by atoms with Crippen LogP contribution >= 0.6 is 11.6 Å². The first-order valence-electron chi connectivity index (χ1n) is 7.59. The lowest BCUT2D eigenvalue weighted by Gasteiger charge is -2.25. The van der Waals surface area contributed by atoms with Crippen LogP contribution in [0.15, 0.2) is 23.1 Å². The quantitative estimate of drug-likeness (QED) is 0.848. The molecule has 24 heavy (non-hydrogen) atoms. The zero-order valence-corrected chi connectivity index (χ0v) is 14.9. The van der Waals surface area contributed by atoms with Crippen molar-refractivity contribution in [3.8, 4) is 0 Å². The highest BCUT2D eigenvalue weighted by molar-refractivity contribution is 7.89. The van der Waals surface area contributed by atoms with Gasteiger partial charge in [0.15, 0.2) is 5.82 Å². The highest BCUT2D eigenvalue weighted by Crippen LogP contribution is 2.27. The maximum Gasteiger partial charge on any atom is 0.317 e. The Balaban J connectivity index is 2.15. The molecule has 134 valence electrons. The zero-order chi connectivity index (χ0) is 17.9. The van der Waals surface area contributed by atoms with E-state index >= 15 is 0 Å². The van der Waals surface area contributed by atoms with Crippen molar-refractivity contribution in [2.24, 2.45) is 0 Å². The highest BCUT2D eigenvalue weighted by Gasteiger charge is 2.31. The zero-order valence-electron chi connectivity index (χ0n) is 13.3. The van der Waals surface area contributed by atoms with Crippen LogP contribution in [0.5, 0.6) is 0 Å². The molecule has 2 rings (SSSR count). The van der Waals surface area contributed by atoms with E-state index in [1.807, 2.05) is 0 Å². The van der Waals surface area contributed by atoms with Crippen LogP contribution < -0.4 is 0 Å². The van der Waals surface area contributed by atoms with Gasteiger partial charge in [0.2, 0.25) is 10.0 Å². The number of hydrogen-bond acceptors (Lipinski definition) is 4. The third-order valence-corrected chi connectivity index (χ3v) is 6.41. The Hall–Kier alpha value is -1.22.